The fraction of sp³-hybridized carbons (Fsp3) is 0.462. The van der Waals surface area contributed by atoms with Crippen molar-refractivity contribution in [3.8, 4) is 0 Å². The number of anilines is 1. The topological polar surface area (TPSA) is 57.4 Å². The van der Waals surface area contributed by atoms with Crippen molar-refractivity contribution in [1.29, 1.82) is 0 Å². The highest BCUT2D eigenvalue weighted by Gasteiger charge is 2.52. The molecule has 1 aliphatic heterocycles. The van der Waals surface area contributed by atoms with E-state index < -0.39 is 7.12 Å². The normalized spacial score (nSPS) is 21.0. The van der Waals surface area contributed by atoms with E-state index in [0.29, 0.717) is 5.82 Å². The van der Waals surface area contributed by atoms with Gasteiger partial charge < -0.3 is 15.0 Å². The van der Waals surface area contributed by atoms with E-state index in [2.05, 4.69) is 11.6 Å². The Balaban J connectivity index is 2.41. The molecule has 0 radical (unpaired) electrons. The summed E-state index contributed by atoms with van der Waals surface area (Å²) in [5, 5.41) is 0. The second-order valence-electron chi connectivity index (χ2n) is 5.49. The first-order valence-electron chi connectivity index (χ1n) is 6.01. The lowest BCUT2D eigenvalue weighted by molar-refractivity contribution is 0.00578. The van der Waals surface area contributed by atoms with Crippen LogP contribution < -0.4 is 11.2 Å². The second-order valence-corrected chi connectivity index (χ2v) is 5.49. The van der Waals surface area contributed by atoms with Crippen molar-refractivity contribution in [2.75, 3.05) is 5.73 Å². The average molecular weight is 246 g/mol. The van der Waals surface area contributed by atoms with Gasteiger partial charge >= 0.3 is 7.12 Å². The fourth-order valence-corrected chi connectivity index (χ4v) is 1.90. The van der Waals surface area contributed by atoms with Gasteiger partial charge in [0.15, 0.2) is 0 Å². The first-order chi connectivity index (χ1) is 8.28. The van der Waals surface area contributed by atoms with E-state index in [9.17, 15) is 0 Å². The molecule has 0 saturated carbocycles. The maximum absolute atomic E-state index is 5.99. The number of hydrogen-bond donors (Lipinski definition) is 1. The van der Waals surface area contributed by atoms with Crippen LogP contribution in [0.25, 0.3) is 6.08 Å². The molecule has 2 N–H and O–H groups in total. The van der Waals surface area contributed by atoms with Gasteiger partial charge in [-0.3, -0.25) is 0 Å². The lowest BCUT2D eigenvalue weighted by atomic mass is 9.76. The molecule has 96 valence electrons. The van der Waals surface area contributed by atoms with E-state index >= 15 is 0 Å². The first kappa shape index (κ1) is 13.1. The Morgan fingerprint density at radius 3 is 2.33 bits per heavy atom. The van der Waals surface area contributed by atoms with Crippen LogP contribution in [0.2, 0.25) is 0 Å². The Morgan fingerprint density at radius 1 is 1.28 bits per heavy atom. The SMILES string of the molecule is C=Cc1c(B2OC(C)(C)C(C)(C)O2)ccnc1N. The van der Waals surface area contributed by atoms with Gasteiger partial charge in [0, 0.05) is 11.8 Å². The van der Waals surface area contributed by atoms with Crippen LogP contribution in [0, 0.1) is 0 Å². The highest BCUT2D eigenvalue weighted by molar-refractivity contribution is 6.63. The summed E-state index contributed by atoms with van der Waals surface area (Å²) in [6.07, 6.45) is 3.34. The lowest BCUT2D eigenvalue weighted by Gasteiger charge is -2.32. The summed E-state index contributed by atoms with van der Waals surface area (Å²) in [7, 11) is -0.437. The molecule has 1 saturated heterocycles. The van der Waals surface area contributed by atoms with Crippen molar-refractivity contribution in [3.63, 3.8) is 0 Å². The Kier molecular flexibility index (Phi) is 2.99. The largest absolute Gasteiger partial charge is 0.495 e. The van der Waals surface area contributed by atoms with E-state index in [4.69, 9.17) is 15.0 Å². The van der Waals surface area contributed by atoms with Crippen molar-refractivity contribution in [1.82, 2.24) is 4.98 Å². The van der Waals surface area contributed by atoms with Crippen molar-refractivity contribution in [2.45, 2.75) is 38.9 Å². The molecule has 0 spiro atoms. The second kappa shape index (κ2) is 4.11. The molecule has 1 aromatic rings. The molecule has 0 unspecified atom stereocenters. The number of pyridine rings is 1. The Morgan fingerprint density at radius 2 is 1.83 bits per heavy atom. The summed E-state index contributed by atoms with van der Waals surface area (Å²) in [5.74, 6) is 0.442. The van der Waals surface area contributed by atoms with E-state index in [1.165, 1.54) is 0 Å². The number of hydrogen-bond acceptors (Lipinski definition) is 4. The first-order valence-corrected chi connectivity index (χ1v) is 6.01. The maximum atomic E-state index is 5.99. The zero-order chi connectivity index (χ0) is 13.6. The van der Waals surface area contributed by atoms with Crippen LogP contribution in [0.5, 0.6) is 0 Å². The molecule has 0 bridgehead atoms. The van der Waals surface area contributed by atoms with Gasteiger partial charge in [0.1, 0.15) is 5.82 Å². The Bertz CT molecular complexity index is 470. The van der Waals surface area contributed by atoms with Crippen LogP contribution in [0.1, 0.15) is 33.3 Å². The zero-order valence-corrected chi connectivity index (χ0v) is 11.4. The van der Waals surface area contributed by atoms with Gasteiger partial charge in [-0.05, 0) is 39.2 Å². The third-order valence-corrected chi connectivity index (χ3v) is 3.77. The summed E-state index contributed by atoms with van der Waals surface area (Å²) in [5.41, 5.74) is 6.75. The van der Waals surface area contributed by atoms with Crippen LogP contribution >= 0.6 is 0 Å². The molecular weight excluding hydrogens is 227 g/mol. The van der Waals surface area contributed by atoms with Crippen molar-refractivity contribution in [2.24, 2.45) is 0 Å². The molecule has 1 aliphatic rings. The van der Waals surface area contributed by atoms with E-state index in [0.717, 1.165) is 11.0 Å². The summed E-state index contributed by atoms with van der Waals surface area (Å²) in [6, 6.07) is 1.86. The van der Waals surface area contributed by atoms with Crippen LogP contribution in [0.4, 0.5) is 5.82 Å². The molecule has 0 amide bonds. The van der Waals surface area contributed by atoms with E-state index in [-0.39, 0.29) is 11.2 Å². The van der Waals surface area contributed by atoms with Gasteiger partial charge in [0.25, 0.3) is 0 Å². The molecule has 5 heteroatoms. The molecule has 2 rings (SSSR count). The fourth-order valence-electron chi connectivity index (χ4n) is 1.90. The number of nitrogen functional groups attached to an aromatic ring is 1. The van der Waals surface area contributed by atoms with Crippen molar-refractivity contribution < 1.29 is 9.31 Å². The smallest absolute Gasteiger partial charge is 0.399 e. The van der Waals surface area contributed by atoms with Crippen molar-refractivity contribution in [3.05, 3.63) is 24.4 Å². The third-order valence-electron chi connectivity index (χ3n) is 3.77. The average Bonchev–Trinajstić information content (AvgIpc) is 2.47. The summed E-state index contributed by atoms with van der Waals surface area (Å²) >= 11 is 0. The standard InChI is InChI=1S/C13H19BN2O2/c1-6-9-10(7-8-16-11(9)15)14-17-12(2,3)13(4,5)18-14/h6-8H,1H2,2-5H3,(H2,15,16). The van der Waals surface area contributed by atoms with Gasteiger partial charge in [-0.2, -0.15) is 0 Å². The third kappa shape index (κ3) is 1.93. The van der Waals surface area contributed by atoms with Crippen LogP contribution in [-0.4, -0.2) is 23.3 Å². The maximum Gasteiger partial charge on any atom is 0.495 e. The van der Waals surface area contributed by atoms with Crippen LogP contribution in [-0.2, 0) is 9.31 Å². The lowest BCUT2D eigenvalue weighted by Crippen LogP contribution is -2.41. The number of nitrogens with zero attached hydrogens (tertiary/aromatic N) is 1. The number of aromatic nitrogens is 1. The van der Waals surface area contributed by atoms with E-state index in [1.807, 2.05) is 33.8 Å². The quantitative estimate of drug-likeness (QED) is 0.805. The molecule has 2 heterocycles. The molecule has 1 fully saturated rings. The monoisotopic (exact) mass is 246 g/mol. The minimum atomic E-state index is -0.437. The van der Waals surface area contributed by atoms with Gasteiger partial charge in [-0.1, -0.05) is 12.7 Å². The molecule has 0 atom stereocenters. The summed E-state index contributed by atoms with van der Waals surface area (Å²) in [4.78, 5) is 4.05. The minimum Gasteiger partial charge on any atom is -0.399 e. The van der Waals surface area contributed by atoms with Crippen LogP contribution in [0.3, 0.4) is 0 Å². The van der Waals surface area contributed by atoms with Crippen molar-refractivity contribution >= 4 is 24.5 Å². The predicted molar refractivity (Wildman–Crippen MR) is 74.5 cm³/mol. The summed E-state index contributed by atoms with van der Waals surface area (Å²) in [6.45, 7) is 11.8. The molecule has 4 nitrogen and oxygen atoms in total. The predicted octanol–water partition coefficient (Wildman–Crippen LogP) is 1.61. The van der Waals surface area contributed by atoms with Gasteiger partial charge in [-0.15, -0.1) is 0 Å². The molecule has 0 aliphatic carbocycles. The van der Waals surface area contributed by atoms with Gasteiger partial charge in [0.2, 0.25) is 0 Å². The Hall–Kier alpha value is -1.33. The molecule has 0 aromatic carbocycles. The molecular formula is C13H19BN2O2. The minimum absolute atomic E-state index is 0.367. The van der Waals surface area contributed by atoms with E-state index in [1.54, 1.807) is 12.3 Å². The highest BCUT2D eigenvalue weighted by atomic mass is 16.7. The Labute approximate surface area is 108 Å². The van der Waals surface area contributed by atoms with Gasteiger partial charge in [0.05, 0.1) is 11.2 Å². The summed E-state index contributed by atoms with van der Waals surface area (Å²) < 4.78 is 12.0. The molecule has 1 aromatic heterocycles. The van der Waals surface area contributed by atoms with Gasteiger partial charge in [-0.25, -0.2) is 4.98 Å². The van der Waals surface area contributed by atoms with Crippen LogP contribution in [0.15, 0.2) is 18.8 Å². The molecule has 18 heavy (non-hydrogen) atoms. The highest BCUT2D eigenvalue weighted by Crippen LogP contribution is 2.36. The number of rotatable bonds is 2. The number of nitrogens with two attached hydrogens (primary N) is 1. The zero-order valence-electron chi connectivity index (χ0n) is 11.4.